The van der Waals surface area contributed by atoms with Crippen LogP contribution in [-0.2, 0) is 4.79 Å². The Kier molecular flexibility index (Phi) is 4.09. The largest absolute Gasteiger partial charge is 0.347 e. The fourth-order valence-electron chi connectivity index (χ4n) is 2.72. The quantitative estimate of drug-likeness (QED) is 0.932. The molecule has 7 heteroatoms. The van der Waals surface area contributed by atoms with Gasteiger partial charge in [-0.05, 0) is 19.1 Å². The molecule has 120 valence electrons. The molecule has 0 bridgehead atoms. The molecule has 0 spiro atoms. The molecule has 0 aliphatic carbocycles. The van der Waals surface area contributed by atoms with Crippen molar-refractivity contribution in [1.82, 2.24) is 20.0 Å². The van der Waals surface area contributed by atoms with E-state index in [1.165, 1.54) is 6.20 Å². The van der Waals surface area contributed by atoms with Crippen molar-refractivity contribution >= 4 is 23.4 Å². The van der Waals surface area contributed by atoms with E-state index in [1.807, 2.05) is 25.1 Å². The number of rotatable bonds is 3. The van der Waals surface area contributed by atoms with E-state index in [0.29, 0.717) is 29.2 Å². The van der Waals surface area contributed by atoms with Crippen LogP contribution in [0.15, 0.2) is 30.5 Å². The summed E-state index contributed by atoms with van der Waals surface area (Å²) >= 11 is 6.18. The summed E-state index contributed by atoms with van der Waals surface area (Å²) in [5.41, 5.74) is 1.90. The van der Waals surface area contributed by atoms with Crippen molar-refractivity contribution in [3.05, 3.63) is 46.7 Å². The first-order valence-electron chi connectivity index (χ1n) is 7.31. The lowest BCUT2D eigenvalue weighted by atomic mass is 10.2. The Labute approximate surface area is 139 Å². The minimum atomic E-state index is -0.228. The lowest BCUT2D eigenvalue weighted by molar-refractivity contribution is -0.126. The molecule has 0 saturated carbocycles. The predicted molar refractivity (Wildman–Crippen MR) is 86.8 cm³/mol. The molecule has 23 heavy (non-hydrogen) atoms. The van der Waals surface area contributed by atoms with Gasteiger partial charge in [-0.2, -0.15) is 5.10 Å². The summed E-state index contributed by atoms with van der Waals surface area (Å²) < 4.78 is 1.64. The Morgan fingerprint density at radius 2 is 2.13 bits per heavy atom. The van der Waals surface area contributed by atoms with Gasteiger partial charge in [0.05, 0.1) is 34.2 Å². The van der Waals surface area contributed by atoms with Crippen molar-refractivity contribution in [3.8, 4) is 5.69 Å². The Balaban J connectivity index is 1.81. The highest BCUT2D eigenvalue weighted by molar-refractivity contribution is 6.32. The summed E-state index contributed by atoms with van der Waals surface area (Å²) in [5.74, 6) is -0.187. The van der Waals surface area contributed by atoms with Crippen LogP contribution in [-0.4, -0.2) is 46.1 Å². The molecule has 2 amide bonds. The highest BCUT2D eigenvalue weighted by Gasteiger charge is 2.29. The van der Waals surface area contributed by atoms with Gasteiger partial charge in [-0.1, -0.05) is 23.7 Å². The van der Waals surface area contributed by atoms with E-state index >= 15 is 0 Å². The summed E-state index contributed by atoms with van der Waals surface area (Å²) in [7, 11) is 1.73. The Hall–Kier alpha value is -2.34. The maximum absolute atomic E-state index is 12.4. The fourth-order valence-corrected chi connectivity index (χ4v) is 2.94. The summed E-state index contributed by atoms with van der Waals surface area (Å²) in [6, 6.07) is 7.16. The van der Waals surface area contributed by atoms with Gasteiger partial charge in [0.2, 0.25) is 5.91 Å². The van der Waals surface area contributed by atoms with E-state index in [9.17, 15) is 9.59 Å². The molecule has 1 aromatic carbocycles. The maximum atomic E-state index is 12.4. The summed E-state index contributed by atoms with van der Waals surface area (Å²) in [5, 5.41) is 7.72. The average molecular weight is 333 g/mol. The molecular weight excluding hydrogens is 316 g/mol. The number of likely N-dealkylation sites (N-methyl/N-ethyl adjacent to an activating group) is 1. The second kappa shape index (κ2) is 6.04. The van der Waals surface area contributed by atoms with Crippen LogP contribution in [0.4, 0.5) is 0 Å². The highest BCUT2D eigenvalue weighted by atomic mass is 35.5. The van der Waals surface area contributed by atoms with Gasteiger partial charge in [-0.15, -0.1) is 0 Å². The summed E-state index contributed by atoms with van der Waals surface area (Å²) in [4.78, 5) is 25.6. The average Bonchev–Trinajstić information content (AvgIpc) is 3.03. The Morgan fingerprint density at radius 3 is 2.78 bits per heavy atom. The van der Waals surface area contributed by atoms with Crippen LogP contribution in [0.3, 0.4) is 0 Å². The summed E-state index contributed by atoms with van der Waals surface area (Å²) in [6.45, 7) is 2.35. The maximum Gasteiger partial charge on any atom is 0.255 e. The molecule has 3 rings (SSSR count). The van der Waals surface area contributed by atoms with Crippen LogP contribution in [0.5, 0.6) is 0 Å². The van der Waals surface area contributed by atoms with Gasteiger partial charge in [0.1, 0.15) is 0 Å². The van der Waals surface area contributed by atoms with Crippen molar-refractivity contribution in [3.63, 3.8) is 0 Å². The topological polar surface area (TPSA) is 67.2 Å². The first kappa shape index (κ1) is 15.6. The number of benzene rings is 1. The molecule has 1 fully saturated rings. The number of nitrogens with one attached hydrogen (secondary N) is 1. The van der Waals surface area contributed by atoms with Crippen LogP contribution in [0.2, 0.25) is 5.02 Å². The molecule has 0 radical (unpaired) electrons. The van der Waals surface area contributed by atoms with Crippen molar-refractivity contribution in [1.29, 1.82) is 0 Å². The van der Waals surface area contributed by atoms with Crippen molar-refractivity contribution in [2.24, 2.45) is 0 Å². The number of hydrogen-bond acceptors (Lipinski definition) is 3. The molecule has 1 aromatic heterocycles. The number of halogens is 1. The molecule has 1 saturated heterocycles. The number of para-hydroxylation sites is 1. The third-order valence-electron chi connectivity index (χ3n) is 4.01. The Morgan fingerprint density at radius 1 is 1.39 bits per heavy atom. The van der Waals surface area contributed by atoms with E-state index in [1.54, 1.807) is 22.7 Å². The van der Waals surface area contributed by atoms with E-state index in [-0.39, 0.29) is 17.9 Å². The van der Waals surface area contributed by atoms with Crippen LogP contribution >= 0.6 is 11.6 Å². The van der Waals surface area contributed by atoms with Gasteiger partial charge >= 0.3 is 0 Å². The molecule has 1 aliphatic rings. The molecule has 1 unspecified atom stereocenters. The van der Waals surface area contributed by atoms with Crippen molar-refractivity contribution in [2.75, 3.05) is 13.6 Å². The number of likely N-dealkylation sites (tertiary alicyclic amines) is 1. The second-order valence-corrected chi connectivity index (χ2v) is 6.06. The molecule has 2 aromatic rings. The second-order valence-electron chi connectivity index (χ2n) is 5.66. The van der Waals surface area contributed by atoms with Gasteiger partial charge < -0.3 is 10.2 Å². The van der Waals surface area contributed by atoms with E-state index in [2.05, 4.69) is 10.4 Å². The SMILES string of the molecule is Cc1c(C(=O)NC2CC(=O)N(C)C2)cnn1-c1ccccc1Cl. The normalized spacial score (nSPS) is 17.6. The highest BCUT2D eigenvalue weighted by Crippen LogP contribution is 2.22. The fraction of sp³-hybridized carbons (Fsp3) is 0.312. The predicted octanol–water partition coefficient (Wildman–Crippen LogP) is 1.79. The molecular formula is C16H17ClN4O2. The zero-order valence-electron chi connectivity index (χ0n) is 12.9. The first-order chi connectivity index (χ1) is 11.0. The standard InChI is InChI=1S/C16H17ClN4O2/c1-10-12(16(23)19-11-7-15(22)20(2)9-11)8-18-21(10)14-6-4-3-5-13(14)17/h3-6,8,11H,7,9H2,1-2H3,(H,19,23). The number of amides is 2. The molecule has 1 N–H and O–H groups in total. The van der Waals surface area contributed by atoms with Gasteiger partial charge in [0.15, 0.2) is 0 Å². The van der Waals surface area contributed by atoms with E-state index in [0.717, 1.165) is 5.69 Å². The van der Waals surface area contributed by atoms with Crippen LogP contribution in [0.25, 0.3) is 5.69 Å². The zero-order chi connectivity index (χ0) is 16.6. The number of aromatic nitrogens is 2. The van der Waals surface area contributed by atoms with Crippen molar-refractivity contribution < 1.29 is 9.59 Å². The molecule has 1 atom stereocenters. The third-order valence-corrected chi connectivity index (χ3v) is 4.33. The zero-order valence-corrected chi connectivity index (χ0v) is 13.7. The lowest BCUT2D eigenvalue weighted by Crippen LogP contribution is -2.36. The minimum absolute atomic E-state index is 0.0405. The summed E-state index contributed by atoms with van der Waals surface area (Å²) in [6.07, 6.45) is 1.86. The number of carbonyl (C=O) groups excluding carboxylic acids is 2. The van der Waals surface area contributed by atoms with E-state index < -0.39 is 0 Å². The number of hydrogen-bond donors (Lipinski definition) is 1. The van der Waals surface area contributed by atoms with Crippen LogP contribution < -0.4 is 5.32 Å². The van der Waals surface area contributed by atoms with Crippen molar-refractivity contribution in [2.45, 2.75) is 19.4 Å². The van der Waals surface area contributed by atoms with Crippen LogP contribution in [0, 0.1) is 6.92 Å². The minimum Gasteiger partial charge on any atom is -0.347 e. The molecule has 2 heterocycles. The van der Waals surface area contributed by atoms with Gasteiger partial charge in [0, 0.05) is 20.0 Å². The van der Waals surface area contributed by atoms with E-state index in [4.69, 9.17) is 11.6 Å². The monoisotopic (exact) mass is 332 g/mol. The molecule has 1 aliphatic heterocycles. The number of carbonyl (C=O) groups is 2. The van der Waals surface area contributed by atoms with Gasteiger partial charge in [-0.25, -0.2) is 4.68 Å². The van der Waals surface area contributed by atoms with Crippen LogP contribution in [0.1, 0.15) is 22.5 Å². The first-order valence-corrected chi connectivity index (χ1v) is 7.69. The van der Waals surface area contributed by atoms with Gasteiger partial charge in [0.25, 0.3) is 5.91 Å². The molecule has 6 nitrogen and oxygen atoms in total. The smallest absolute Gasteiger partial charge is 0.255 e. The third kappa shape index (κ3) is 2.94. The van der Waals surface area contributed by atoms with Gasteiger partial charge in [-0.3, -0.25) is 9.59 Å². The Bertz CT molecular complexity index is 771. The lowest BCUT2D eigenvalue weighted by Gasteiger charge is -2.12. The number of nitrogens with zero attached hydrogens (tertiary/aromatic N) is 3.